The van der Waals surface area contributed by atoms with Crippen LogP contribution in [0.1, 0.15) is 13.2 Å². The van der Waals surface area contributed by atoms with Crippen LogP contribution >= 0.6 is 34.7 Å². The van der Waals surface area contributed by atoms with E-state index in [1.54, 1.807) is 23.1 Å². The van der Waals surface area contributed by atoms with Crippen molar-refractivity contribution in [1.29, 1.82) is 0 Å². The van der Waals surface area contributed by atoms with Crippen LogP contribution in [-0.2, 0) is 4.74 Å². The van der Waals surface area contributed by atoms with Crippen molar-refractivity contribution in [3.8, 4) is 0 Å². The Hall–Kier alpha value is -1.47. The molecule has 12 heteroatoms. The standard InChI is InChI=1S/C17H20ClN5O4S2/c1-8(6-29-10-3-2-4-28-10)20-14-11-15(22-17(18)21-14)23(7-19-11)16-13(26)12(25)9(5-24)27-16/h2-4,7-9,12-13,16,24-26H,5-6H2,1H3,(H,20,21,22)/t8?,9-,12?,13?,16-/m1/s1. The second-order valence-electron chi connectivity index (χ2n) is 6.68. The largest absolute Gasteiger partial charge is 0.394 e. The SMILES string of the molecule is CC(CSc1cccs1)Nc1nc(Cl)nc2c1ncn2[C@@H]1O[C@H](CO)C(O)C1O. The van der Waals surface area contributed by atoms with E-state index in [1.165, 1.54) is 15.1 Å². The second-order valence-corrected chi connectivity index (χ2v) is 9.29. The van der Waals surface area contributed by atoms with E-state index in [4.69, 9.17) is 16.3 Å². The molecule has 4 rings (SSSR count). The molecule has 1 fully saturated rings. The molecule has 3 aromatic rings. The average molecular weight is 458 g/mol. The van der Waals surface area contributed by atoms with Gasteiger partial charge in [-0.15, -0.1) is 23.1 Å². The van der Waals surface area contributed by atoms with E-state index in [2.05, 4.69) is 26.3 Å². The molecular weight excluding hydrogens is 438 g/mol. The van der Waals surface area contributed by atoms with Crippen LogP contribution < -0.4 is 5.32 Å². The molecule has 156 valence electrons. The number of thioether (sulfide) groups is 1. The first-order chi connectivity index (χ1) is 14.0. The summed E-state index contributed by atoms with van der Waals surface area (Å²) in [5, 5.41) is 35.0. The van der Waals surface area contributed by atoms with E-state index in [1.807, 2.05) is 18.4 Å². The van der Waals surface area contributed by atoms with E-state index in [0.717, 1.165) is 5.75 Å². The summed E-state index contributed by atoms with van der Waals surface area (Å²) < 4.78 is 8.30. The lowest BCUT2D eigenvalue weighted by Gasteiger charge is -2.17. The number of nitrogens with zero attached hydrogens (tertiary/aromatic N) is 4. The molecule has 1 aliphatic heterocycles. The molecule has 0 spiro atoms. The van der Waals surface area contributed by atoms with Crippen molar-refractivity contribution in [2.45, 2.75) is 41.7 Å². The highest BCUT2D eigenvalue weighted by Crippen LogP contribution is 2.33. The molecule has 9 nitrogen and oxygen atoms in total. The smallest absolute Gasteiger partial charge is 0.226 e. The van der Waals surface area contributed by atoms with Gasteiger partial charge in [0, 0.05) is 11.8 Å². The van der Waals surface area contributed by atoms with Crippen molar-refractivity contribution in [3.05, 3.63) is 29.1 Å². The Morgan fingerprint density at radius 2 is 2.21 bits per heavy atom. The predicted molar refractivity (Wildman–Crippen MR) is 111 cm³/mol. The van der Waals surface area contributed by atoms with Gasteiger partial charge in [-0.05, 0) is 30.0 Å². The Kier molecular flexibility index (Phi) is 6.25. The zero-order valence-electron chi connectivity index (χ0n) is 15.3. The minimum absolute atomic E-state index is 0.0200. The summed E-state index contributed by atoms with van der Waals surface area (Å²) >= 11 is 9.56. The van der Waals surface area contributed by atoms with E-state index in [9.17, 15) is 15.3 Å². The lowest BCUT2D eigenvalue weighted by molar-refractivity contribution is -0.0511. The molecule has 5 atom stereocenters. The van der Waals surface area contributed by atoms with Crippen molar-refractivity contribution in [1.82, 2.24) is 19.5 Å². The molecule has 1 saturated heterocycles. The zero-order valence-corrected chi connectivity index (χ0v) is 17.7. The third kappa shape index (κ3) is 4.22. The van der Waals surface area contributed by atoms with Crippen LogP contribution in [0.25, 0.3) is 11.2 Å². The average Bonchev–Trinajstić information content (AvgIpc) is 3.41. The maximum absolute atomic E-state index is 10.3. The molecule has 1 aliphatic rings. The zero-order chi connectivity index (χ0) is 20.5. The number of imidazole rings is 1. The van der Waals surface area contributed by atoms with Crippen LogP contribution in [0.5, 0.6) is 0 Å². The number of rotatable bonds is 7. The molecule has 0 aliphatic carbocycles. The third-order valence-corrected chi connectivity index (χ3v) is 7.10. The van der Waals surface area contributed by atoms with Gasteiger partial charge in [-0.25, -0.2) is 4.98 Å². The number of thiophene rings is 1. The fraction of sp³-hybridized carbons (Fsp3) is 0.471. The topological polar surface area (TPSA) is 126 Å². The van der Waals surface area contributed by atoms with Crippen LogP contribution in [0.4, 0.5) is 5.82 Å². The molecule has 0 bridgehead atoms. The lowest BCUT2D eigenvalue weighted by Crippen LogP contribution is -2.33. The first-order valence-corrected chi connectivity index (χ1v) is 11.2. The minimum Gasteiger partial charge on any atom is -0.394 e. The van der Waals surface area contributed by atoms with E-state index >= 15 is 0 Å². The summed E-state index contributed by atoms with van der Waals surface area (Å²) in [5.41, 5.74) is 0.834. The Morgan fingerprint density at radius 3 is 2.90 bits per heavy atom. The summed E-state index contributed by atoms with van der Waals surface area (Å²) in [6.07, 6.45) is -2.84. The van der Waals surface area contributed by atoms with E-state index < -0.39 is 31.1 Å². The van der Waals surface area contributed by atoms with Crippen LogP contribution in [0.2, 0.25) is 5.28 Å². The van der Waals surface area contributed by atoms with Crippen LogP contribution in [0.3, 0.4) is 0 Å². The number of aromatic nitrogens is 4. The Labute approximate surface area is 179 Å². The Bertz CT molecular complexity index is 972. The van der Waals surface area contributed by atoms with Gasteiger partial charge in [0.05, 0.1) is 17.1 Å². The molecule has 0 amide bonds. The molecule has 4 heterocycles. The number of halogens is 1. The highest BCUT2D eigenvalue weighted by atomic mass is 35.5. The van der Waals surface area contributed by atoms with Gasteiger partial charge in [-0.1, -0.05) is 6.07 Å². The number of aliphatic hydroxyl groups is 3. The van der Waals surface area contributed by atoms with Crippen molar-refractivity contribution in [2.24, 2.45) is 0 Å². The van der Waals surface area contributed by atoms with Crippen molar-refractivity contribution < 1.29 is 20.1 Å². The molecule has 0 aromatic carbocycles. The van der Waals surface area contributed by atoms with Gasteiger partial charge in [-0.3, -0.25) is 4.57 Å². The van der Waals surface area contributed by atoms with Gasteiger partial charge in [-0.2, -0.15) is 9.97 Å². The summed E-state index contributed by atoms with van der Waals surface area (Å²) in [6, 6.07) is 4.17. The number of nitrogens with one attached hydrogen (secondary N) is 1. The molecule has 0 radical (unpaired) electrons. The minimum atomic E-state index is -1.24. The quantitative estimate of drug-likeness (QED) is 0.310. The van der Waals surface area contributed by atoms with Crippen molar-refractivity contribution in [2.75, 3.05) is 17.7 Å². The first kappa shape index (κ1) is 20.8. The highest BCUT2D eigenvalue weighted by Gasteiger charge is 2.44. The fourth-order valence-electron chi connectivity index (χ4n) is 3.11. The Balaban J connectivity index is 1.57. The van der Waals surface area contributed by atoms with Gasteiger partial charge in [0.1, 0.15) is 18.3 Å². The summed E-state index contributed by atoms with van der Waals surface area (Å²) in [4.78, 5) is 12.8. The second kappa shape index (κ2) is 8.72. The number of hydrogen-bond acceptors (Lipinski definition) is 10. The normalized spacial score (nSPS) is 25.6. The summed E-state index contributed by atoms with van der Waals surface area (Å²) in [6.45, 7) is 1.62. The Morgan fingerprint density at radius 1 is 1.38 bits per heavy atom. The van der Waals surface area contributed by atoms with Gasteiger partial charge < -0.3 is 25.4 Å². The van der Waals surface area contributed by atoms with Gasteiger partial charge in [0.15, 0.2) is 23.2 Å². The van der Waals surface area contributed by atoms with E-state index in [-0.39, 0.29) is 11.3 Å². The molecule has 29 heavy (non-hydrogen) atoms. The highest BCUT2D eigenvalue weighted by molar-refractivity contribution is 8.01. The number of ether oxygens (including phenoxy) is 1. The molecule has 0 saturated carbocycles. The number of anilines is 1. The van der Waals surface area contributed by atoms with Gasteiger partial charge in [0.25, 0.3) is 0 Å². The van der Waals surface area contributed by atoms with Crippen LogP contribution in [0.15, 0.2) is 28.0 Å². The third-order valence-electron chi connectivity index (χ3n) is 4.54. The number of aliphatic hydroxyl groups excluding tert-OH is 3. The first-order valence-electron chi connectivity index (χ1n) is 8.93. The maximum Gasteiger partial charge on any atom is 0.226 e. The van der Waals surface area contributed by atoms with Crippen molar-refractivity contribution >= 4 is 51.7 Å². The fourth-order valence-corrected chi connectivity index (χ4v) is 5.04. The van der Waals surface area contributed by atoms with Crippen molar-refractivity contribution in [3.63, 3.8) is 0 Å². The lowest BCUT2D eigenvalue weighted by atomic mass is 10.1. The van der Waals surface area contributed by atoms with Crippen LogP contribution in [0, 0.1) is 0 Å². The monoisotopic (exact) mass is 457 g/mol. The van der Waals surface area contributed by atoms with E-state index in [0.29, 0.717) is 17.0 Å². The molecule has 3 aromatic heterocycles. The number of fused-ring (bicyclic) bond motifs is 1. The maximum atomic E-state index is 10.3. The molecule has 4 N–H and O–H groups in total. The molecular formula is C17H20ClN5O4S2. The summed E-state index contributed by atoms with van der Waals surface area (Å²) in [5.74, 6) is 1.30. The van der Waals surface area contributed by atoms with Gasteiger partial charge in [0.2, 0.25) is 5.28 Å². The van der Waals surface area contributed by atoms with Crippen LogP contribution in [-0.4, -0.2) is 71.6 Å². The predicted octanol–water partition coefficient (Wildman–Crippen LogP) is 1.75. The number of hydrogen-bond donors (Lipinski definition) is 4. The summed E-state index contributed by atoms with van der Waals surface area (Å²) in [7, 11) is 0. The molecule has 3 unspecified atom stereocenters. The van der Waals surface area contributed by atoms with Gasteiger partial charge >= 0.3 is 0 Å².